The molecule has 0 aliphatic carbocycles. The quantitative estimate of drug-likeness (QED) is 0.826. The maximum absolute atomic E-state index is 12.0. The van der Waals surface area contributed by atoms with Gasteiger partial charge in [0, 0.05) is 31.4 Å². The molecule has 2 aromatic rings. The molecule has 7 heteroatoms. The van der Waals surface area contributed by atoms with E-state index in [2.05, 4.69) is 16.0 Å². The SMILES string of the molecule is Cc1cc(C(=O)NNC(=O)c2cccc(N(C)C)c2)no1. The number of carbonyl (C=O) groups excluding carboxylic acids is 2. The van der Waals surface area contributed by atoms with Crippen molar-refractivity contribution in [1.29, 1.82) is 0 Å². The van der Waals surface area contributed by atoms with Gasteiger partial charge in [-0.25, -0.2) is 0 Å². The Labute approximate surface area is 121 Å². The standard InChI is InChI=1S/C14H16N4O3/c1-9-7-12(17-21-9)14(20)16-15-13(19)10-5-4-6-11(8-10)18(2)3/h4-8H,1-3H3,(H,15,19)(H,16,20). The first-order chi connectivity index (χ1) is 9.97. The number of hydrogen-bond acceptors (Lipinski definition) is 5. The summed E-state index contributed by atoms with van der Waals surface area (Å²) in [6.45, 7) is 1.68. The Morgan fingerprint density at radius 1 is 1.14 bits per heavy atom. The number of carbonyl (C=O) groups is 2. The average molecular weight is 288 g/mol. The predicted molar refractivity (Wildman–Crippen MR) is 76.9 cm³/mol. The fourth-order valence-electron chi connectivity index (χ4n) is 1.65. The van der Waals surface area contributed by atoms with Crippen molar-refractivity contribution in [1.82, 2.24) is 16.0 Å². The zero-order valence-electron chi connectivity index (χ0n) is 12.0. The Morgan fingerprint density at radius 2 is 1.86 bits per heavy atom. The zero-order chi connectivity index (χ0) is 15.4. The molecule has 0 atom stereocenters. The van der Waals surface area contributed by atoms with Crippen LogP contribution in [0.5, 0.6) is 0 Å². The summed E-state index contributed by atoms with van der Waals surface area (Å²) in [7, 11) is 3.76. The first kappa shape index (κ1) is 14.6. The Hall–Kier alpha value is -2.83. The molecule has 1 aromatic carbocycles. The second kappa shape index (κ2) is 6.08. The molecule has 0 aliphatic rings. The van der Waals surface area contributed by atoms with Crippen molar-refractivity contribution < 1.29 is 14.1 Å². The number of hydrazine groups is 1. The fourth-order valence-corrected chi connectivity index (χ4v) is 1.65. The van der Waals surface area contributed by atoms with E-state index in [1.807, 2.05) is 25.1 Å². The van der Waals surface area contributed by atoms with Crippen LogP contribution in [0.4, 0.5) is 5.69 Å². The van der Waals surface area contributed by atoms with Crippen LogP contribution in [-0.2, 0) is 0 Å². The summed E-state index contributed by atoms with van der Waals surface area (Å²) in [5.74, 6) is -0.429. The molecule has 0 bridgehead atoms. The van der Waals surface area contributed by atoms with Gasteiger partial charge in [-0.2, -0.15) is 0 Å². The van der Waals surface area contributed by atoms with Gasteiger partial charge in [-0.15, -0.1) is 0 Å². The van der Waals surface area contributed by atoms with Crippen molar-refractivity contribution in [2.24, 2.45) is 0 Å². The van der Waals surface area contributed by atoms with Gasteiger partial charge in [0.25, 0.3) is 11.8 Å². The van der Waals surface area contributed by atoms with E-state index < -0.39 is 11.8 Å². The van der Waals surface area contributed by atoms with Gasteiger partial charge in [0.2, 0.25) is 0 Å². The van der Waals surface area contributed by atoms with Gasteiger partial charge in [0.1, 0.15) is 5.76 Å². The van der Waals surface area contributed by atoms with E-state index in [4.69, 9.17) is 4.52 Å². The Bertz CT molecular complexity index is 664. The lowest BCUT2D eigenvalue weighted by Crippen LogP contribution is -2.41. The van der Waals surface area contributed by atoms with Crippen molar-refractivity contribution in [3.05, 3.63) is 47.3 Å². The maximum Gasteiger partial charge on any atom is 0.291 e. The number of rotatable bonds is 3. The van der Waals surface area contributed by atoms with Crippen LogP contribution in [0.1, 0.15) is 26.6 Å². The first-order valence-electron chi connectivity index (χ1n) is 6.29. The highest BCUT2D eigenvalue weighted by molar-refractivity contribution is 5.98. The van der Waals surface area contributed by atoms with Gasteiger partial charge in [-0.1, -0.05) is 11.2 Å². The first-order valence-corrected chi connectivity index (χ1v) is 6.29. The summed E-state index contributed by atoms with van der Waals surface area (Å²) in [4.78, 5) is 25.6. The summed E-state index contributed by atoms with van der Waals surface area (Å²) in [6, 6.07) is 8.52. The molecule has 2 rings (SSSR count). The minimum atomic E-state index is -0.538. The molecule has 1 aromatic heterocycles. The van der Waals surface area contributed by atoms with Crippen molar-refractivity contribution in [3.63, 3.8) is 0 Å². The van der Waals surface area contributed by atoms with Gasteiger partial charge in [0.15, 0.2) is 5.69 Å². The molecule has 2 N–H and O–H groups in total. The van der Waals surface area contributed by atoms with Crippen LogP contribution in [0.2, 0.25) is 0 Å². The van der Waals surface area contributed by atoms with Gasteiger partial charge >= 0.3 is 0 Å². The van der Waals surface area contributed by atoms with Gasteiger partial charge in [-0.05, 0) is 25.1 Å². The molecule has 0 radical (unpaired) electrons. The Balaban J connectivity index is 1.98. The zero-order valence-corrected chi connectivity index (χ0v) is 12.0. The second-order valence-electron chi connectivity index (χ2n) is 4.68. The lowest BCUT2D eigenvalue weighted by molar-refractivity contribution is 0.0841. The number of aryl methyl sites for hydroxylation is 1. The molecule has 110 valence electrons. The number of hydrogen-bond donors (Lipinski definition) is 2. The van der Waals surface area contributed by atoms with Crippen molar-refractivity contribution >= 4 is 17.5 Å². The number of aromatic nitrogens is 1. The lowest BCUT2D eigenvalue weighted by atomic mass is 10.2. The molecule has 2 amide bonds. The van der Waals surface area contributed by atoms with E-state index in [1.165, 1.54) is 6.07 Å². The molecule has 0 unspecified atom stereocenters. The van der Waals surface area contributed by atoms with Crippen molar-refractivity contribution in [2.45, 2.75) is 6.92 Å². The average Bonchev–Trinajstić information content (AvgIpc) is 2.91. The number of nitrogens with one attached hydrogen (secondary N) is 2. The van der Waals surface area contributed by atoms with Gasteiger partial charge in [-0.3, -0.25) is 20.4 Å². The topological polar surface area (TPSA) is 87.5 Å². The van der Waals surface area contributed by atoms with Crippen molar-refractivity contribution in [2.75, 3.05) is 19.0 Å². The number of amides is 2. The third kappa shape index (κ3) is 3.59. The Kier molecular flexibility index (Phi) is 4.22. The largest absolute Gasteiger partial charge is 0.378 e. The van der Waals surface area contributed by atoms with E-state index in [9.17, 15) is 9.59 Å². The molecule has 0 saturated carbocycles. The minimum Gasteiger partial charge on any atom is -0.378 e. The lowest BCUT2D eigenvalue weighted by Gasteiger charge is -2.13. The molecular weight excluding hydrogens is 272 g/mol. The molecule has 0 spiro atoms. The van der Waals surface area contributed by atoms with Crippen LogP contribution in [0.15, 0.2) is 34.9 Å². The number of benzene rings is 1. The van der Waals surface area contributed by atoms with E-state index in [-0.39, 0.29) is 5.69 Å². The van der Waals surface area contributed by atoms with E-state index in [0.29, 0.717) is 11.3 Å². The van der Waals surface area contributed by atoms with Crippen LogP contribution < -0.4 is 15.8 Å². The van der Waals surface area contributed by atoms with E-state index in [1.54, 1.807) is 25.1 Å². The highest BCUT2D eigenvalue weighted by atomic mass is 16.5. The number of anilines is 1. The summed E-state index contributed by atoms with van der Waals surface area (Å²) in [6.07, 6.45) is 0. The van der Waals surface area contributed by atoms with E-state index >= 15 is 0 Å². The molecule has 21 heavy (non-hydrogen) atoms. The molecule has 0 saturated heterocycles. The van der Waals surface area contributed by atoms with Crippen LogP contribution >= 0.6 is 0 Å². The third-order valence-corrected chi connectivity index (χ3v) is 2.77. The highest BCUT2D eigenvalue weighted by Crippen LogP contribution is 2.13. The minimum absolute atomic E-state index is 0.106. The predicted octanol–water partition coefficient (Wildman–Crippen LogP) is 1.12. The monoisotopic (exact) mass is 288 g/mol. The highest BCUT2D eigenvalue weighted by Gasteiger charge is 2.13. The molecule has 0 fully saturated rings. The Morgan fingerprint density at radius 3 is 2.48 bits per heavy atom. The summed E-state index contributed by atoms with van der Waals surface area (Å²) >= 11 is 0. The fraction of sp³-hybridized carbons (Fsp3) is 0.214. The molecule has 0 aliphatic heterocycles. The van der Waals surface area contributed by atoms with Crippen LogP contribution in [0.25, 0.3) is 0 Å². The molecule has 1 heterocycles. The third-order valence-electron chi connectivity index (χ3n) is 2.77. The molecular formula is C14H16N4O3. The second-order valence-corrected chi connectivity index (χ2v) is 4.68. The van der Waals surface area contributed by atoms with Crippen LogP contribution in [0, 0.1) is 6.92 Å². The molecule has 7 nitrogen and oxygen atoms in total. The summed E-state index contributed by atoms with van der Waals surface area (Å²) in [5.41, 5.74) is 6.06. The number of nitrogens with zero attached hydrogens (tertiary/aromatic N) is 2. The smallest absolute Gasteiger partial charge is 0.291 e. The van der Waals surface area contributed by atoms with Crippen molar-refractivity contribution in [3.8, 4) is 0 Å². The van der Waals surface area contributed by atoms with E-state index in [0.717, 1.165) is 5.69 Å². The maximum atomic E-state index is 12.0. The normalized spacial score (nSPS) is 10.0. The van der Waals surface area contributed by atoms with Crippen LogP contribution in [0.3, 0.4) is 0 Å². The van der Waals surface area contributed by atoms with Gasteiger partial charge in [0.05, 0.1) is 0 Å². The summed E-state index contributed by atoms with van der Waals surface area (Å²) in [5, 5.41) is 3.56. The van der Waals surface area contributed by atoms with Crippen LogP contribution in [-0.4, -0.2) is 31.1 Å². The summed E-state index contributed by atoms with van der Waals surface area (Å²) < 4.78 is 4.79. The van der Waals surface area contributed by atoms with Gasteiger partial charge < -0.3 is 9.42 Å².